The molecule has 1 aromatic heterocycles. The number of hydrogen-bond donors (Lipinski definition) is 2. The lowest BCUT2D eigenvalue weighted by Crippen LogP contribution is -2.29. The van der Waals surface area contributed by atoms with Crippen molar-refractivity contribution in [1.82, 2.24) is 10.3 Å². The van der Waals surface area contributed by atoms with Crippen LogP contribution in [0.15, 0.2) is 30.5 Å². The first-order valence-electron chi connectivity index (χ1n) is 6.58. The van der Waals surface area contributed by atoms with Gasteiger partial charge in [-0.1, -0.05) is 13.0 Å². The molecule has 0 atom stereocenters. The molecule has 0 aliphatic heterocycles. The average Bonchev–Trinajstić information content (AvgIpc) is 3.04. The Kier molecular flexibility index (Phi) is 2.62. The quantitative estimate of drug-likeness (QED) is 0.850. The highest BCUT2D eigenvalue weighted by molar-refractivity contribution is 5.97. The average molecular weight is 242 g/mol. The third-order valence-electron chi connectivity index (χ3n) is 4.15. The minimum absolute atomic E-state index is 0.0335. The minimum Gasteiger partial charge on any atom is -0.361 e. The Balaban J connectivity index is 1.71. The molecule has 0 unspecified atom stereocenters. The number of benzene rings is 1. The second-order valence-corrected chi connectivity index (χ2v) is 5.32. The lowest BCUT2D eigenvalue weighted by Gasteiger charge is -2.13. The fraction of sp³-hybridized carbons (Fsp3) is 0.400. The molecule has 1 aliphatic carbocycles. The van der Waals surface area contributed by atoms with Crippen molar-refractivity contribution in [2.75, 3.05) is 6.54 Å². The molecule has 1 saturated carbocycles. The summed E-state index contributed by atoms with van der Waals surface area (Å²) in [7, 11) is 0. The van der Waals surface area contributed by atoms with Gasteiger partial charge in [0.05, 0.1) is 0 Å². The van der Waals surface area contributed by atoms with Gasteiger partial charge in [-0.3, -0.25) is 4.79 Å². The van der Waals surface area contributed by atoms with E-state index in [1.165, 1.54) is 12.8 Å². The molecular formula is C15H18N2O. The monoisotopic (exact) mass is 242 g/mol. The maximum atomic E-state index is 12.1. The van der Waals surface area contributed by atoms with Crippen molar-refractivity contribution in [2.45, 2.75) is 26.2 Å². The van der Waals surface area contributed by atoms with Crippen molar-refractivity contribution in [3.8, 4) is 0 Å². The predicted molar refractivity (Wildman–Crippen MR) is 72.6 cm³/mol. The van der Waals surface area contributed by atoms with E-state index < -0.39 is 0 Å². The van der Waals surface area contributed by atoms with E-state index >= 15 is 0 Å². The van der Waals surface area contributed by atoms with Gasteiger partial charge in [0.2, 0.25) is 0 Å². The molecule has 0 saturated heterocycles. The Morgan fingerprint density at radius 3 is 2.94 bits per heavy atom. The van der Waals surface area contributed by atoms with Crippen molar-refractivity contribution in [1.29, 1.82) is 0 Å². The smallest absolute Gasteiger partial charge is 0.251 e. The third kappa shape index (κ3) is 2.01. The van der Waals surface area contributed by atoms with Crippen molar-refractivity contribution in [2.24, 2.45) is 5.41 Å². The summed E-state index contributed by atoms with van der Waals surface area (Å²) in [5.41, 5.74) is 2.14. The van der Waals surface area contributed by atoms with E-state index in [1.807, 2.05) is 30.5 Å². The highest BCUT2D eigenvalue weighted by Gasteiger charge is 2.40. The molecule has 94 valence electrons. The summed E-state index contributed by atoms with van der Waals surface area (Å²) < 4.78 is 0. The standard InChI is InChI=1S/C15H18N2O/c1-2-15(6-7-15)10-17-14(18)12-4-3-11-5-8-16-13(11)9-12/h3-5,8-9,16H,2,6-7,10H2,1H3,(H,17,18). The number of carbonyl (C=O) groups excluding carboxylic acids is 1. The van der Waals surface area contributed by atoms with Gasteiger partial charge in [0.1, 0.15) is 0 Å². The fourth-order valence-electron chi connectivity index (χ4n) is 2.39. The van der Waals surface area contributed by atoms with E-state index in [-0.39, 0.29) is 5.91 Å². The van der Waals surface area contributed by atoms with E-state index in [2.05, 4.69) is 17.2 Å². The Bertz CT molecular complexity index is 581. The topological polar surface area (TPSA) is 44.9 Å². The van der Waals surface area contributed by atoms with Crippen LogP contribution >= 0.6 is 0 Å². The van der Waals surface area contributed by atoms with Crippen LogP contribution in [0.4, 0.5) is 0 Å². The zero-order valence-corrected chi connectivity index (χ0v) is 10.6. The van der Waals surface area contributed by atoms with Gasteiger partial charge < -0.3 is 10.3 Å². The number of amides is 1. The summed E-state index contributed by atoms with van der Waals surface area (Å²) in [5, 5.41) is 4.19. The highest BCUT2D eigenvalue weighted by Crippen LogP contribution is 2.47. The third-order valence-corrected chi connectivity index (χ3v) is 4.15. The highest BCUT2D eigenvalue weighted by atomic mass is 16.1. The Labute approximate surface area is 107 Å². The number of fused-ring (bicyclic) bond motifs is 1. The van der Waals surface area contributed by atoms with Crippen LogP contribution in [0.5, 0.6) is 0 Å². The SMILES string of the molecule is CCC1(CNC(=O)c2ccc3cc[nH]c3c2)CC1. The van der Waals surface area contributed by atoms with Gasteiger partial charge in [-0.15, -0.1) is 0 Å². The Morgan fingerprint density at radius 1 is 1.39 bits per heavy atom. The minimum atomic E-state index is 0.0335. The maximum Gasteiger partial charge on any atom is 0.251 e. The number of rotatable bonds is 4. The van der Waals surface area contributed by atoms with E-state index in [0.717, 1.165) is 29.4 Å². The van der Waals surface area contributed by atoms with E-state index in [0.29, 0.717) is 5.41 Å². The maximum absolute atomic E-state index is 12.1. The normalized spacial score (nSPS) is 16.7. The van der Waals surface area contributed by atoms with Crippen LogP contribution in [0.3, 0.4) is 0 Å². The molecule has 1 aliphatic rings. The molecule has 1 heterocycles. The van der Waals surface area contributed by atoms with Crippen LogP contribution in [-0.2, 0) is 0 Å². The summed E-state index contributed by atoms with van der Waals surface area (Å²) in [6.45, 7) is 3.01. The molecule has 0 spiro atoms. The van der Waals surface area contributed by atoms with E-state index in [9.17, 15) is 4.79 Å². The number of aromatic nitrogens is 1. The molecule has 18 heavy (non-hydrogen) atoms. The fourth-order valence-corrected chi connectivity index (χ4v) is 2.39. The van der Waals surface area contributed by atoms with Gasteiger partial charge in [0.25, 0.3) is 5.91 Å². The summed E-state index contributed by atoms with van der Waals surface area (Å²) >= 11 is 0. The zero-order valence-electron chi connectivity index (χ0n) is 10.6. The van der Waals surface area contributed by atoms with Crippen molar-refractivity contribution in [3.63, 3.8) is 0 Å². The first-order valence-corrected chi connectivity index (χ1v) is 6.58. The van der Waals surface area contributed by atoms with Crippen LogP contribution in [0, 0.1) is 5.41 Å². The van der Waals surface area contributed by atoms with Crippen molar-refractivity contribution in [3.05, 3.63) is 36.0 Å². The molecule has 0 radical (unpaired) electrons. The number of aromatic amines is 1. The number of H-pyrrole nitrogens is 1. The molecule has 3 heteroatoms. The van der Waals surface area contributed by atoms with Gasteiger partial charge in [0.15, 0.2) is 0 Å². The summed E-state index contributed by atoms with van der Waals surface area (Å²) in [5.74, 6) is 0.0335. The molecule has 2 N–H and O–H groups in total. The number of hydrogen-bond acceptors (Lipinski definition) is 1. The Hall–Kier alpha value is -1.77. The molecule has 1 aromatic carbocycles. The first kappa shape index (κ1) is 11.3. The summed E-state index contributed by atoms with van der Waals surface area (Å²) in [4.78, 5) is 15.2. The van der Waals surface area contributed by atoms with Crippen molar-refractivity contribution >= 4 is 16.8 Å². The summed E-state index contributed by atoms with van der Waals surface area (Å²) in [6, 6.07) is 7.79. The molecular weight excluding hydrogens is 224 g/mol. The van der Waals surface area contributed by atoms with Gasteiger partial charge in [-0.05, 0) is 48.3 Å². The van der Waals surface area contributed by atoms with Crippen LogP contribution in [0.25, 0.3) is 10.9 Å². The number of nitrogens with one attached hydrogen (secondary N) is 2. The molecule has 2 aromatic rings. The number of carbonyl (C=O) groups is 1. The molecule has 3 rings (SSSR count). The zero-order chi connectivity index (χ0) is 12.6. The molecule has 1 amide bonds. The van der Waals surface area contributed by atoms with E-state index in [4.69, 9.17) is 0 Å². The van der Waals surface area contributed by atoms with Gasteiger partial charge in [0, 0.05) is 23.8 Å². The van der Waals surface area contributed by atoms with Gasteiger partial charge in [-0.25, -0.2) is 0 Å². The molecule has 1 fully saturated rings. The van der Waals surface area contributed by atoms with Crippen LogP contribution in [0.2, 0.25) is 0 Å². The van der Waals surface area contributed by atoms with Crippen LogP contribution < -0.4 is 5.32 Å². The predicted octanol–water partition coefficient (Wildman–Crippen LogP) is 3.09. The second-order valence-electron chi connectivity index (χ2n) is 5.32. The molecule has 3 nitrogen and oxygen atoms in total. The Morgan fingerprint density at radius 2 is 2.22 bits per heavy atom. The largest absolute Gasteiger partial charge is 0.361 e. The lowest BCUT2D eigenvalue weighted by atomic mass is 10.0. The lowest BCUT2D eigenvalue weighted by molar-refractivity contribution is 0.0944. The molecule has 0 bridgehead atoms. The van der Waals surface area contributed by atoms with Gasteiger partial charge >= 0.3 is 0 Å². The first-order chi connectivity index (χ1) is 8.72. The summed E-state index contributed by atoms with van der Waals surface area (Å²) in [6.07, 6.45) is 5.55. The van der Waals surface area contributed by atoms with Crippen LogP contribution in [-0.4, -0.2) is 17.4 Å². The van der Waals surface area contributed by atoms with Gasteiger partial charge in [-0.2, -0.15) is 0 Å². The van der Waals surface area contributed by atoms with E-state index in [1.54, 1.807) is 0 Å². The van der Waals surface area contributed by atoms with Crippen LogP contribution in [0.1, 0.15) is 36.5 Å². The van der Waals surface area contributed by atoms with Crippen molar-refractivity contribution < 1.29 is 4.79 Å². The second kappa shape index (κ2) is 4.16.